The molecule has 0 aliphatic carbocycles. The van der Waals surface area contributed by atoms with Gasteiger partial charge in [0.25, 0.3) is 10.0 Å². The van der Waals surface area contributed by atoms with E-state index in [0.29, 0.717) is 16.7 Å². The summed E-state index contributed by atoms with van der Waals surface area (Å²) >= 11 is 3.28. The van der Waals surface area contributed by atoms with Gasteiger partial charge in [0.2, 0.25) is 0 Å². The number of nitrogens with zero attached hydrogens (tertiary/aromatic N) is 2. The largest absolute Gasteiger partial charge is 0.545 e. The molecule has 0 bridgehead atoms. The first-order valence-electron chi connectivity index (χ1n) is 8.95. The normalized spacial score (nSPS) is 11.3. The summed E-state index contributed by atoms with van der Waals surface area (Å²) in [4.78, 5) is 20.1. The van der Waals surface area contributed by atoms with Gasteiger partial charge >= 0.3 is 0 Å². The summed E-state index contributed by atoms with van der Waals surface area (Å²) in [5.74, 6) is -1.24. The van der Waals surface area contributed by atoms with Gasteiger partial charge in [0, 0.05) is 10.2 Å². The van der Waals surface area contributed by atoms with Crippen LogP contribution in [0.25, 0.3) is 11.0 Å². The van der Waals surface area contributed by atoms with Crippen LogP contribution in [0.4, 0.5) is 17.3 Å². The van der Waals surface area contributed by atoms with Crippen LogP contribution in [-0.4, -0.2) is 24.4 Å². The molecular weight excluding hydrogens is 484 g/mol. The number of nitrogens with one attached hydrogen (secondary N) is 2. The number of aromatic nitrogens is 2. The number of sulfonamides is 1. The van der Waals surface area contributed by atoms with E-state index in [1.165, 1.54) is 30.3 Å². The monoisotopic (exact) mass is 497 g/mol. The van der Waals surface area contributed by atoms with Gasteiger partial charge in [0.05, 0.1) is 21.9 Å². The van der Waals surface area contributed by atoms with Gasteiger partial charge in [-0.1, -0.05) is 40.2 Å². The zero-order valence-corrected chi connectivity index (χ0v) is 18.1. The van der Waals surface area contributed by atoms with Gasteiger partial charge in [-0.2, -0.15) is 0 Å². The standard InChI is InChI=1S/C21H15BrN4O4S/c22-14-8-10-16(11-9-14)31(29,30)26-20-19(24-17-6-1-2-7-18(17)25-20)23-15-5-3-4-13(12-15)21(27)28/h1-12H,(H,23,24)(H,25,26)(H,27,28)/p-1. The Bertz CT molecular complexity index is 1390. The topological polar surface area (TPSA) is 124 Å². The van der Waals surface area contributed by atoms with Crippen molar-refractivity contribution in [3.05, 3.63) is 82.8 Å². The number of fused-ring (bicyclic) bond motifs is 1. The van der Waals surface area contributed by atoms with Crippen molar-refractivity contribution in [1.82, 2.24) is 9.97 Å². The second-order valence-corrected chi connectivity index (χ2v) is 9.06. The number of aromatic carboxylic acids is 1. The predicted octanol–water partition coefficient (Wildman–Crippen LogP) is 3.30. The maximum Gasteiger partial charge on any atom is 0.263 e. The molecule has 156 valence electrons. The van der Waals surface area contributed by atoms with Crippen LogP contribution in [0.15, 0.2) is 82.2 Å². The minimum absolute atomic E-state index is 0.0273. The molecule has 0 aliphatic rings. The first-order chi connectivity index (χ1) is 14.8. The smallest absolute Gasteiger partial charge is 0.263 e. The Kier molecular flexibility index (Phi) is 5.57. The van der Waals surface area contributed by atoms with Crippen molar-refractivity contribution in [2.24, 2.45) is 0 Å². The Hall–Kier alpha value is -3.50. The van der Waals surface area contributed by atoms with Crippen LogP contribution in [0, 0.1) is 0 Å². The zero-order valence-electron chi connectivity index (χ0n) is 15.7. The molecule has 0 atom stereocenters. The SMILES string of the molecule is O=C([O-])c1cccc(Nc2nc3ccccc3nc2NS(=O)(=O)c2ccc(Br)cc2)c1. The van der Waals surface area contributed by atoms with Gasteiger partial charge in [-0.05, 0) is 54.1 Å². The number of para-hydroxylation sites is 2. The number of hydrogen-bond donors (Lipinski definition) is 2. The van der Waals surface area contributed by atoms with Crippen molar-refractivity contribution in [3.63, 3.8) is 0 Å². The van der Waals surface area contributed by atoms with Crippen LogP contribution in [0.5, 0.6) is 0 Å². The molecule has 10 heteroatoms. The quantitative estimate of drug-likeness (QED) is 0.418. The molecule has 0 amide bonds. The second kappa shape index (κ2) is 8.32. The lowest BCUT2D eigenvalue weighted by Crippen LogP contribution is -2.22. The van der Waals surface area contributed by atoms with Crippen molar-refractivity contribution in [1.29, 1.82) is 0 Å². The van der Waals surface area contributed by atoms with E-state index >= 15 is 0 Å². The first kappa shape index (κ1) is 20.8. The Morgan fingerprint density at radius 3 is 2.16 bits per heavy atom. The molecule has 3 aromatic carbocycles. The molecule has 1 heterocycles. The highest BCUT2D eigenvalue weighted by Gasteiger charge is 2.19. The molecule has 0 saturated carbocycles. The molecular formula is C21H14BrN4O4S-. The van der Waals surface area contributed by atoms with E-state index < -0.39 is 16.0 Å². The molecule has 2 N–H and O–H groups in total. The summed E-state index contributed by atoms with van der Waals surface area (Å²) in [6.45, 7) is 0. The number of rotatable bonds is 6. The summed E-state index contributed by atoms with van der Waals surface area (Å²) in [5, 5.41) is 14.1. The second-order valence-electron chi connectivity index (χ2n) is 6.46. The Labute approximate surface area is 186 Å². The van der Waals surface area contributed by atoms with E-state index in [9.17, 15) is 18.3 Å². The van der Waals surface area contributed by atoms with E-state index in [4.69, 9.17) is 0 Å². The number of carbonyl (C=O) groups excluding carboxylic acids is 1. The number of carbonyl (C=O) groups is 1. The Balaban J connectivity index is 1.77. The summed E-state index contributed by atoms with van der Waals surface area (Å²) in [6, 6.07) is 19.0. The number of hydrogen-bond acceptors (Lipinski definition) is 7. The molecule has 8 nitrogen and oxygen atoms in total. The van der Waals surface area contributed by atoms with Crippen molar-refractivity contribution in [3.8, 4) is 0 Å². The number of carboxylic acids is 1. The molecule has 4 rings (SSSR count). The molecule has 0 unspecified atom stereocenters. The van der Waals surface area contributed by atoms with E-state index in [0.717, 1.165) is 4.47 Å². The lowest BCUT2D eigenvalue weighted by atomic mass is 10.2. The predicted molar refractivity (Wildman–Crippen MR) is 119 cm³/mol. The molecule has 0 radical (unpaired) electrons. The highest BCUT2D eigenvalue weighted by molar-refractivity contribution is 9.10. The van der Waals surface area contributed by atoms with Gasteiger partial charge in [-0.15, -0.1) is 0 Å². The van der Waals surface area contributed by atoms with E-state index in [-0.39, 0.29) is 22.1 Å². The van der Waals surface area contributed by atoms with Crippen molar-refractivity contribution in [2.45, 2.75) is 4.90 Å². The van der Waals surface area contributed by atoms with Crippen LogP contribution >= 0.6 is 15.9 Å². The van der Waals surface area contributed by atoms with Gasteiger partial charge < -0.3 is 15.2 Å². The third-order valence-corrected chi connectivity index (χ3v) is 6.17. The van der Waals surface area contributed by atoms with E-state index in [2.05, 4.69) is 35.9 Å². The van der Waals surface area contributed by atoms with Crippen LogP contribution < -0.4 is 15.1 Å². The molecule has 1 aromatic heterocycles. The Morgan fingerprint density at radius 2 is 1.52 bits per heavy atom. The van der Waals surface area contributed by atoms with Crippen molar-refractivity contribution < 1.29 is 18.3 Å². The highest BCUT2D eigenvalue weighted by atomic mass is 79.9. The average molecular weight is 498 g/mol. The van der Waals surface area contributed by atoms with Crippen LogP contribution in [0.2, 0.25) is 0 Å². The zero-order chi connectivity index (χ0) is 22.0. The van der Waals surface area contributed by atoms with Crippen molar-refractivity contribution in [2.75, 3.05) is 10.0 Å². The first-order valence-corrected chi connectivity index (χ1v) is 11.2. The van der Waals surface area contributed by atoms with Crippen molar-refractivity contribution >= 4 is 60.3 Å². The summed E-state index contributed by atoms with van der Waals surface area (Å²) in [5.41, 5.74) is 1.38. The molecule has 0 saturated heterocycles. The summed E-state index contributed by atoms with van der Waals surface area (Å²) in [6.07, 6.45) is 0. The highest BCUT2D eigenvalue weighted by Crippen LogP contribution is 2.27. The van der Waals surface area contributed by atoms with E-state index in [1.54, 1.807) is 42.5 Å². The molecule has 31 heavy (non-hydrogen) atoms. The fourth-order valence-electron chi connectivity index (χ4n) is 2.82. The van der Waals surface area contributed by atoms with Gasteiger partial charge in [0.1, 0.15) is 0 Å². The lowest BCUT2D eigenvalue weighted by Gasteiger charge is -2.14. The number of carboxylic acid groups (broad SMARTS) is 1. The lowest BCUT2D eigenvalue weighted by molar-refractivity contribution is -0.255. The maximum atomic E-state index is 12.9. The minimum atomic E-state index is -3.95. The summed E-state index contributed by atoms with van der Waals surface area (Å²) < 4.78 is 29.0. The average Bonchev–Trinajstić information content (AvgIpc) is 2.74. The van der Waals surface area contributed by atoms with Crippen LogP contribution in [0.1, 0.15) is 10.4 Å². The molecule has 0 aliphatic heterocycles. The fourth-order valence-corrected chi connectivity index (χ4v) is 4.09. The minimum Gasteiger partial charge on any atom is -0.545 e. The number of benzene rings is 3. The number of anilines is 3. The number of halogens is 1. The van der Waals surface area contributed by atoms with E-state index in [1.807, 2.05) is 0 Å². The summed E-state index contributed by atoms with van der Waals surface area (Å²) in [7, 11) is -3.95. The third-order valence-electron chi connectivity index (χ3n) is 4.29. The molecule has 4 aromatic rings. The van der Waals surface area contributed by atoms with Gasteiger partial charge in [-0.25, -0.2) is 18.4 Å². The third kappa shape index (κ3) is 4.65. The van der Waals surface area contributed by atoms with Gasteiger partial charge in [0.15, 0.2) is 11.6 Å². The van der Waals surface area contributed by atoms with Gasteiger partial charge in [-0.3, -0.25) is 4.72 Å². The molecule has 0 fully saturated rings. The fraction of sp³-hybridized carbons (Fsp3) is 0. The van der Waals surface area contributed by atoms with Crippen LogP contribution in [0.3, 0.4) is 0 Å². The van der Waals surface area contributed by atoms with Crippen LogP contribution in [-0.2, 0) is 10.0 Å². The Morgan fingerprint density at radius 1 is 0.871 bits per heavy atom. The maximum absolute atomic E-state index is 12.9. The molecule has 0 spiro atoms.